The van der Waals surface area contributed by atoms with Crippen molar-refractivity contribution in [1.29, 1.82) is 0 Å². The maximum absolute atomic E-state index is 5.98. The monoisotopic (exact) mass is 581 g/mol. The largest absolute Gasteiger partial charge is 0.494 e. The van der Waals surface area contributed by atoms with Crippen molar-refractivity contribution in [2.75, 3.05) is 34.2 Å². The Bertz CT molecular complexity index is 1510. The number of amidine groups is 1. The van der Waals surface area contributed by atoms with Gasteiger partial charge in [-0.1, -0.05) is 12.1 Å². The van der Waals surface area contributed by atoms with E-state index in [0.717, 1.165) is 0 Å². The van der Waals surface area contributed by atoms with Crippen LogP contribution in [0.5, 0.6) is 23.0 Å². The molecule has 0 aliphatic carbocycles. The maximum atomic E-state index is 5.98. The number of aromatic nitrogens is 5. The fourth-order valence-electron chi connectivity index (χ4n) is 3.58. The van der Waals surface area contributed by atoms with E-state index in [4.69, 9.17) is 30.5 Å². The average Bonchev–Trinajstić information content (AvgIpc) is 3.78. The number of hydrazine groups is 1. The van der Waals surface area contributed by atoms with Crippen LogP contribution in [0.3, 0.4) is 0 Å². The molecule has 5 rings (SSSR count). The molecule has 3 aromatic heterocycles. The molecule has 0 saturated carbocycles. The van der Waals surface area contributed by atoms with Gasteiger partial charge in [-0.2, -0.15) is 0 Å². The summed E-state index contributed by atoms with van der Waals surface area (Å²) in [5, 5.41) is 13.2. The number of nitrogens with one attached hydrogen (secondary N) is 1. The third kappa shape index (κ3) is 5.96. The summed E-state index contributed by atoms with van der Waals surface area (Å²) < 4.78 is 23.1. The van der Waals surface area contributed by atoms with Gasteiger partial charge in [-0.25, -0.2) is 20.8 Å². The van der Waals surface area contributed by atoms with E-state index in [0.29, 0.717) is 56.0 Å². The zero-order valence-corrected chi connectivity index (χ0v) is 23.7. The molecule has 40 heavy (non-hydrogen) atoms. The van der Waals surface area contributed by atoms with E-state index in [9.17, 15) is 0 Å². The first-order chi connectivity index (χ1) is 19.6. The third-order valence-electron chi connectivity index (χ3n) is 5.33. The summed E-state index contributed by atoms with van der Waals surface area (Å²) in [5.74, 6) is 9.16. The Kier molecular flexibility index (Phi) is 9.45. The Morgan fingerprint density at radius 1 is 0.825 bits per heavy atom. The number of rotatable bonds is 8. The number of methoxy groups -OCH3 is 4. The van der Waals surface area contributed by atoms with Gasteiger partial charge in [0.1, 0.15) is 34.4 Å². The van der Waals surface area contributed by atoms with E-state index in [-0.39, 0.29) is 5.95 Å². The summed E-state index contributed by atoms with van der Waals surface area (Å²) in [5.41, 5.74) is 9.74. The number of benzene rings is 2. The van der Waals surface area contributed by atoms with Crippen LogP contribution in [0.1, 0.15) is 5.01 Å². The number of para-hydroxylation sites is 2. The number of ether oxygens (including phenoxy) is 4. The predicted octanol–water partition coefficient (Wildman–Crippen LogP) is 3.69. The summed E-state index contributed by atoms with van der Waals surface area (Å²) in [6.45, 7) is 0. The first-order valence-electron chi connectivity index (χ1n) is 11.5. The second-order valence-corrected chi connectivity index (χ2v) is 9.31. The molecule has 0 fully saturated rings. The molecule has 0 unspecified atom stereocenters. The van der Waals surface area contributed by atoms with Gasteiger partial charge in [0.05, 0.1) is 28.4 Å². The number of thiazole rings is 2. The van der Waals surface area contributed by atoms with Crippen LogP contribution in [-0.2, 0) is 0 Å². The van der Waals surface area contributed by atoms with Gasteiger partial charge in [-0.3, -0.25) is 4.57 Å². The number of nitrogens with two attached hydrogens (primary N) is 2. The first kappa shape index (κ1) is 28.3. The van der Waals surface area contributed by atoms with Crippen LogP contribution in [0, 0.1) is 0 Å². The smallest absolute Gasteiger partial charge is 0.227 e. The van der Waals surface area contributed by atoms with Crippen molar-refractivity contribution in [2.24, 2.45) is 10.8 Å². The lowest BCUT2D eigenvalue weighted by atomic mass is 10.2. The van der Waals surface area contributed by atoms with E-state index in [1.807, 2.05) is 35.0 Å². The van der Waals surface area contributed by atoms with E-state index in [2.05, 4.69) is 30.6 Å². The number of nitrogens with zero attached hydrogens (tertiary/aromatic N) is 6. The zero-order chi connectivity index (χ0) is 28.5. The van der Waals surface area contributed by atoms with E-state index in [1.165, 1.54) is 22.7 Å². The summed E-state index contributed by atoms with van der Waals surface area (Å²) in [6.07, 6.45) is 3.39. The standard InChI is InChI=1S/C13H13N5O2S.C12H14N4O2S/c1-19-8-4-3-5-9(20-2)10(8)18-11(16-17-13(18)14)12-15-6-7-21-12;1-17-8-4-3-5-9(18-2)10(8)15-11(16-13)12-14-6-7-19-12/h3-7H,1-2H3,(H2,14,17);3-7H,13H2,1-2H3,(H,15,16). The van der Waals surface area contributed by atoms with Crippen LogP contribution in [0.2, 0.25) is 0 Å². The van der Waals surface area contributed by atoms with Crippen molar-refractivity contribution in [1.82, 2.24) is 30.2 Å². The molecule has 2 aromatic carbocycles. The van der Waals surface area contributed by atoms with Crippen molar-refractivity contribution >= 4 is 40.1 Å². The highest BCUT2D eigenvalue weighted by atomic mass is 32.1. The van der Waals surface area contributed by atoms with E-state index >= 15 is 0 Å². The number of hydrogen-bond donors (Lipinski definition) is 3. The topological polar surface area (TPSA) is 170 Å². The third-order valence-corrected chi connectivity index (χ3v) is 6.88. The quantitative estimate of drug-likeness (QED) is 0.106. The highest BCUT2D eigenvalue weighted by molar-refractivity contribution is 7.13. The Balaban J connectivity index is 0.000000186. The Morgan fingerprint density at radius 3 is 1.90 bits per heavy atom. The van der Waals surface area contributed by atoms with Gasteiger partial charge in [-0.15, -0.1) is 32.9 Å². The van der Waals surface area contributed by atoms with Crippen LogP contribution in [-0.4, -0.2) is 59.0 Å². The van der Waals surface area contributed by atoms with Crippen LogP contribution < -0.4 is 35.9 Å². The lowest BCUT2D eigenvalue weighted by Crippen LogP contribution is -2.30. The van der Waals surface area contributed by atoms with Crippen molar-refractivity contribution in [3.05, 3.63) is 64.6 Å². The number of nitrogen functional groups attached to an aromatic ring is 1. The van der Waals surface area contributed by atoms with Crippen LogP contribution >= 0.6 is 22.7 Å². The first-order valence-corrected chi connectivity index (χ1v) is 13.3. The molecule has 0 saturated heterocycles. The van der Waals surface area contributed by atoms with Crippen molar-refractivity contribution < 1.29 is 18.9 Å². The van der Waals surface area contributed by atoms with E-state index < -0.39 is 0 Å². The summed E-state index contributed by atoms with van der Waals surface area (Å²) in [4.78, 5) is 12.9. The van der Waals surface area contributed by atoms with E-state index in [1.54, 1.807) is 57.5 Å². The molecule has 0 atom stereocenters. The second kappa shape index (κ2) is 13.4. The molecule has 0 spiro atoms. The highest BCUT2D eigenvalue weighted by Gasteiger charge is 2.22. The zero-order valence-electron chi connectivity index (χ0n) is 22.1. The molecule has 0 radical (unpaired) electrons. The van der Waals surface area contributed by atoms with Crippen molar-refractivity contribution in [3.8, 4) is 39.5 Å². The molecular weight excluding hydrogens is 554 g/mol. The van der Waals surface area contributed by atoms with Crippen LogP contribution in [0.25, 0.3) is 16.5 Å². The molecular formula is C25H27N9O4S2. The number of anilines is 1. The average molecular weight is 582 g/mol. The van der Waals surface area contributed by atoms with Gasteiger partial charge in [0.15, 0.2) is 21.7 Å². The Hall–Kier alpha value is -4.73. The minimum atomic E-state index is 0.239. The van der Waals surface area contributed by atoms with Gasteiger partial charge in [0.25, 0.3) is 0 Å². The predicted molar refractivity (Wildman–Crippen MR) is 155 cm³/mol. The lowest BCUT2D eigenvalue weighted by Gasteiger charge is -2.15. The SMILES string of the molecule is COc1cccc(OC)c1-n1c(N)nnc1-c1nccs1.COc1cccc(OC)c1N=C(NN)c1nccs1. The Labute approximate surface area is 238 Å². The maximum Gasteiger partial charge on any atom is 0.227 e. The van der Waals surface area contributed by atoms with Crippen LogP contribution in [0.15, 0.2) is 64.5 Å². The molecule has 0 amide bonds. The molecule has 0 aliphatic heterocycles. The highest BCUT2D eigenvalue weighted by Crippen LogP contribution is 2.38. The number of hydrogen-bond acceptors (Lipinski definition) is 13. The molecule has 3 heterocycles. The van der Waals surface area contributed by atoms with Crippen molar-refractivity contribution in [2.45, 2.75) is 0 Å². The molecule has 13 nitrogen and oxygen atoms in total. The van der Waals surface area contributed by atoms with Gasteiger partial charge in [0, 0.05) is 23.2 Å². The number of aliphatic imine (C=N–C) groups is 1. The van der Waals surface area contributed by atoms with Gasteiger partial charge >= 0.3 is 0 Å². The second-order valence-electron chi connectivity index (χ2n) is 7.52. The molecule has 15 heteroatoms. The fourth-order valence-corrected chi connectivity index (χ4v) is 4.78. The van der Waals surface area contributed by atoms with Gasteiger partial charge in [0.2, 0.25) is 5.95 Å². The van der Waals surface area contributed by atoms with Crippen LogP contribution in [0.4, 0.5) is 11.6 Å². The minimum absolute atomic E-state index is 0.239. The molecule has 0 bridgehead atoms. The summed E-state index contributed by atoms with van der Waals surface area (Å²) in [7, 11) is 6.32. The minimum Gasteiger partial charge on any atom is -0.494 e. The molecule has 0 aliphatic rings. The summed E-state index contributed by atoms with van der Waals surface area (Å²) in [6, 6.07) is 10.9. The Morgan fingerprint density at radius 2 is 1.40 bits per heavy atom. The van der Waals surface area contributed by atoms with Crippen molar-refractivity contribution in [3.63, 3.8) is 0 Å². The van der Waals surface area contributed by atoms with Gasteiger partial charge in [-0.05, 0) is 24.3 Å². The summed E-state index contributed by atoms with van der Waals surface area (Å²) >= 11 is 2.89. The van der Waals surface area contributed by atoms with Gasteiger partial charge < -0.3 is 30.1 Å². The molecule has 5 N–H and O–H groups in total. The fraction of sp³-hybridized carbons (Fsp3) is 0.160. The lowest BCUT2D eigenvalue weighted by molar-refractivity contribution is 0.391. The molecule has 208 valence electrons. The molecule has 5 aromatic rings. The normalized spacial score (nSPS) is 10.9.